The van der Waals surface area contributed by atoms with Crippen molar-refractivity contribution in [3.8, 4) is 11.3 Å². The van der Waals surface area contributed by atoms with E-state index in [9.17, 15) is 19.1 Å². The number of rotatable bonds is 4. The van der Waals surface area contributed by atoms with Crippen molar-refractivity contribution in [1.82, 2.24) is 9.47 Å². The molecule has 0 bridgehead atoms. The quantitative estimate of drug-likeness (QED) is 0.548. The van der Waals surface area contributed by atoms with Crippen LogP contribution in [0.25, 0.3) is 22.2 Å². The van der Waals surface area contributed by atoms with Crippen molar-refractivity contribution in [2.45, 2.75) is 44.6 Å². The van der Waals surface area contributed by atoms with Gasteiger partial charge in [0, 0.05) is 48.3 Å². The number of amides is 1. The lowest BCUT2D eigenvalue weighted by Crippen LogP contribution is -2.46. The first kappa shape index (κ1) is 24.0. The number of benzene rings is 2. The van der Waals surface area contributed by atoms with E-state index in [1.54, 1.807) is 18.2 Å². The van der Waals surface area contributed by atoms with E-state index < -0.39 is 5.97 Å². The fourth-order valence-electron chi connectivity index (χ4n) is 6.38. The molecule has 1 aromatic heterocycles. The van der Waals surface area contributed by atoms with Crippen molar-refractivity contribution in [2.75, 3.05) is 44.3 Å². The summed E-state index contributed by atoms with van der Waals surface area (Å²) in [5, 5.41) is 10.8. The number of carbonyl (C=O) groups excluding carboxylic acids is 1. The molecule has 0 spiro atoms. The molecule has 1 N–H and O–H groups in total. The number of morpholine rings is 1. The molecule has 3 heterocycles. The zero-order valence-corrected chi connectivity index (χ0v) is 20.9. The third-order valence-electron chi connectivity index (χ3n) is 8.20. The Balaban J connectivity index is 1.50. The van der Waals surface area contributed by atoms with E-state index >= 15 is 0 Å². The minimum atomic E-state index is -0.953. The number of hydrogen-bond acceptors (Lipinski definition) is 4. The molecule has 37 heavy (non-hydrogen) atoms. The van der Waals surface area contributed by atoms with Gasteiger partial charge in [-0.15, -0.1) is 0 Å². The summed E-state index contributed by atoms with van der Waals surface area (Å²) in [5.41, 5.74) is 5.06. The van der Waals surface area contributed by atoms with Crippen LogP contribution >= 0.6 is 0 Å². The van der Waals surface area contributed by atoms with Gasteiger partial charge in [-0.1, -0.05) is 25.3 Å². The van der Waals surface area contributed by atoms with Gasteiger partial charge >= 0.3 is 5.97 Å². The van der Waals surface area contributed by atoms with Crippen LogP contribution in [0.1, 0.15) is 53.9 Å². The van der Waals surface area contributed by atoms with Crippen LogP contribution in [0.4, 0.5) is 10.1 Å². The number of carboxylic acid groups (broad SMARTS) is 1. The molecule has 3 aromatic rings. The normalized spacial score (nSPS) is 18.4. The van der Waals surface area contributed by atoms with Gasteiger partial charge in [0.2, 0.25) is 5.91 Å². The van der Waals surface area contributed by atoms with E-state index in [0.29, 0.717) is 45.3 Å². The van der Waals surface area contributed by atoms with E-state index in [1.807, 2.05) is 21.9 Å². The van der Waals surface area contributed by atoms with E-state index in [1.165, 1.54) is 30.9 Å². The highest BCUT2D eigenvalue weighted by Gasteiger charge is 2.32. The van der Waals surface area contributed by atoms with Crippen molar-refractivity contribution in [3.05, 3.63) is 53.3 Å². The Bertz CT molecular complexity index is 1350. The zero-order chi connectivity index (χ0) is 25.5. The van der Waals surface area contributed by atoms with E-state index in [4.69, 9.17) is 4.74 Å². The molecule has 1 saturated heterocycles. The van der Waals surface area contributed by atoms with Crippen LogP contribution in [0.3, 0.4) is 0 Å². The molecule has 0 unspecified atom stereocenters. The summed E-state index contributed by atoms with van der Waals surface area (Å²) in [6.45, 7) is 3.46. The fraction of sp³-hybridized carbons (Fsp3) is 0.448. The molecule has 2 fully saturated rings. The van der Waals surface area contributed by atoms with Crippen LogP contribution in [0.2, 0.25) is 0 Å². The number of nitrogens with zero attached hydrogens (tertiary/aromatic N) is 3. The molecule has 194 valence electrons. The summed E-state index contributed by atoms with van der Waals surface area (Å²) in [7, 11) is 0. The minimum absolute atomic E-state index is 0.00983. The maximum absolute atomic E-state index is 14.7. The molecule has 2 aliphatic heterocycles. The number of anilines is 1. The Kier molecular flexibility index (Phi) is 6.36. The highest BCUT2D eigenvalue weighted by molar-refractivity contribution is 6.00. The number of ether oxygens (including phenoxy) is 1. The second-order valence-electron chi connectivity index (χ2n) is 10.4. The van der Waals surface area contributed by atoms with Crippen molar-refractivity contribution in [2.24, 2.45) is 0 Å². The first-order chi connectivity index (χ1) is 18.0. The molecule has 6 rings (SSSR count). The van der Waals surface area contributed by atoms with Crippen molar-refractivity contribution < 1.29 is 23.8 Å². The molecular formula is C29H32FN3O4. The SMILES string of the molecule is O=C(O)c1ccc2c(C3CCCCC3)c3n(c2c1)CCN(CC(=O)N1CCOCC1)c1cc(F)ccc1-3. The van der Waals surface area contributed by atoms with Gasteiger partial charge in [0.25, 0.3) is 0 Å². The monoisotopic (exact) mass is 505 g/mol. The lowest BCUT2D eigenvalue weighted by Gasteiger charge is -2.31. The van der Waals surface area contributed by atoms with Gasteiger partial charge in [-0.3, -0.25) is 4.79 Å². The second kappa shape index (κ2) is 9.82. The number of carbonyl (C=O) groups is 2. The summed E-state index contributed by atoms with van der Waals surface area (Å²) in [5.74, 6) is -0.914. The van der Waals surface area contributed by atoms with Gasteiger partial charge in [-0.25, -0.2) is 9.18 Å². The largest absolute Gasteiger partial charge is 0.478 e. The molecule has 2 aromatic carbocycles. The predicted octanol–water partition coefficient (Wildman–Crippen LogP) is 4.87. The topological polar surface area (TPSA) is 75.0 Å². The van der Waals surface area contributed by atoms with Crippen LogP contribution in [0.15, 0.2) is 36.4 Å². The van der Waals surface area contributed by atoms with Gasteiger partial charge in [-0.05, 0) is 54.7 Å². The Hall–Kier alpha value is -3.39. The van der Waals surface area contributed by atoms with Gasteiger partial charge < -0.3 is 24.2 Å². The van der Waals surface area contributed by atoms with Crippen LogP contribution < -0.4 is 4.90 Å². The van der Waals surface area contributed by atoms with Crippen LogP contribution in [-0.2, 0) is 16.1 Å². The van der Waals surface area contributed by atoms with Gasteiger partial charge in [-0.2, -0.15) is 0 Å². The van der Waals surface area contributed by atoms with Crippen molar-refractivity contribution in [3.63, 3.8) is 0 Å². The number of aromatic nitrogens is 1. The van der Waals surface area contributed by atoms with E-state index in [0.717, 1.165) is 40.7 Å². The van der Waals surface area contributed by atoms with Crippen LogP contribution in [-0.4, -0.2) is 65.8 Å². The number of hydrogen-bond donors (Lipinski definition) is 1. The lowest BCUT2D eigenvalue weighted by atomic mass is 9.81. The van der Waals surface area contributed by atoms with Crippen LogP contribution in [0.5, 0.6) is 0 Å². The molecule has 0 radical (unpaired) electrons. The molecule has 8 heteroatoms. The smallest absolute Gasteiger partial charge is 0.335 e. The molecule has 0 atom stereocenters. The fourth-order valence-corrected chi connectivity index (χ4v) is 6.38. The summed E-state index contributed by atoms with van der Waals surface area (Å²) in [6, 6.07) is 10.3. The predicted molar refractivity (Wildman–Crippen MR) is 140 cm³/mol. The first-order valence-electron chi connectivity index (χ1n) is 13.3. The average Bonchev–Trinajstić information content (AvgIpc) is 3.16. The number of halogens is 1. The Labute approximate surface area is 215 Å². The third-order valence-corrected chi connectivity index (χ3v) is 8.20. The van der Waals surface area contributed by atoms with Gasteiger partial charge in [0.15, 0.2) is 0 Å². The summed E-state index contributed by atoms with van der Waals surface area (Å²) in [6.07, 6.45) is 5.73. The molecule has 7 nitrogen and oxygen atoms in total. The van der Waals surface area contributed by atoms with Gasteiger partial charge in [0.05, 0.1) is 31.0 Å². The van der Waals surface area contributed by atoms with Crippen LogP contribution in [0, 0.1) is 5.82 Å². The summed E-state index contributed by atoms with van der Waals surface area (Å²) >= 11 is 0. The highest BCUT2D eigenvalue weighted by atomic mass is 19.1. The molecule has 3 aliphatic rings. The lowest BCUT2D eigenvalue weighted by molar-refractivity contribution is -0.133. The van der Waals surface area contributed by atoms with E-state index in [-0.39, 0.29) is 23.8 Å². The third kappa shape index (κ3) is 4.37. The minimum Gasteiger partial charge on any atom is -0.478 e. The number of aromatic carboxylic acids is 1. The van der Waals surface area contributed by atoms with Crippen molar-refractivity contribution in [1.29, 1.82) is 0 Å². The Morgan fingerprint density at radius 3 is 2.51 bits per heavy atom. The van der Waals surface area contributed by atoms with E-state index in [2.05, 4.69) is 4.57 Å². The second-order valence-corrected chi connectivity index (χ2v) is 10.4. The average molecular weight is 506 g/mol. The molecule has 1 aliphatic carbocycles. The highest BCUT2D eigenvalue weighted by Crippen LogP contribution is 2.47. The number of fused-ring (bicyclic) bond motifs is 5. The summed E-state index contributed by atoms with van der Waals surface area (Å²) in [4.78, 5) is 28.8. The summed E-state index contributed by atoms with van der Waals surface area (Å²) < 4.78 is 22.3. The molecular weight excluding hydrogens is 473 g/mol. The van der Waals surface area contributed by atoms with Gasteiger partial charge in [0.1, 0.15) is 5.82 Å². The molecule has 1 saturated carbocycles. The Morgan fingerprint density at radius 1 is 0.973 bits per heavy atom. The van der Waals surface area contributed by atoms with Crippen molar-refractivity contribution >= 4 is 28.5 Å². The maximum atomic E-state index is 14.7. The zero-order valence-electron chi connectivity index (χ0n) is 20.9. The first-order valence-corrected chi connectivity index (χ1v) is 13.3. The Morgan fingerprint density at radius 2 is 1.76 bits per heavy atom. The maximum Gasteiger partial charge on any atom is 0.335 e. The number of carboxylic acids is 1. The standard InChI is InChI=1S/C29H32FN3O4/c30-21-7-9-23-24(17-21)32(18-26(34)31-12-14-37-15-13-31)10-11-33-25-16-20(29(35)36)6-8-22(25)27(28(23)33)19-4-2-1-3-5-19/h6-9,16-17,19H,1-5,10-15,18H2,(H,35,36). The molecule has 1 amide bonds.